The van der Waals surface area contributed by atoms with Crippen LogP contribution in [0.2, 0.25) is 0 Å². The van der Waals surface area contributed by atoms with Gasteiger partial charge in [-0.2, -0.15) is 0 Å². The molecule has 0 heterocycles. The Morgan fingerprint density at radius 1 is 1.04 bits per heavy atom. The van der Waals surface area contributed by atoms with Crippen molar-refractivity contribution in [3.63, 3.8) is 0 Å². The standard InChI is InChI=1S/C23H26O4/c1-15(2)13-16(3)9-7-6-8-10-17(4)14-19-11-12-20(22(24)25)18(5)21(19)23(26)27/h6-13H,4,14H2,1-3,5H3,(H,24,25)(H,26,27)/b7-6+,10-8+,16-9+. The van der Waals surface area contributed by atoms with Gasteiger partial charge in [0.15, 0.2) is 0 Å². The summed E-state index contributed by atoms with van der Waals surface area (Å²) in [5.74, 6) is -2.27. The number of benzene rings is 1. The van der Waals surface area contributed by atoms with E-state index in [9.17, 15) is 14.7 Å². The van der Waals surface area contributed by atoms with Gasteiger partial charge >= 0.3 is 11.9 Å². The lowest BCUT2D eigenvalue weighted by molar-refractivity contribution is 0.0695. The summed E-state index contributed by atoms with van der Waals surface area (Å²) >= 11 is 0. The normalized spacial score (nSPS) is 11.8. The number of hydrogen-bond acceptors (Lipinski definition) is 2. The summed E-state index contributed by atoms with van der Waals surface area (Å²) in [7, 11) is 0. The SMILES string of the molecule is C=C(/C=C/C=C/C=C(\C)C=C(C)C)Cc1ccc(C(=O)O)c(C)c1C(=O)O. The summed E-state index contributed by atoms with van der Waals surface area (Å²) in [6.45, 7) is 11.6. The van der Waals surface area contributed by atoms with Crippen LogP contribution in [0.3, 0.4) is 0 Å². The molecule has 0 atom stereocenters. The van der Waals surface area contributed by atoms with E-state index < -0.39 is 11.9 Å². The van der Waals surface area contributed by atoms with Crippen molar-refractivity contribution in [1.82, 2.24) is 0 Å². The Labute approximate surface area is 160 Å². The molecule has 4 nitrogen and oxygen atoms in total. The number of rotatable bonds is 8. The zero-order chi connectivity index (χ0) is 20.6. The Bertz CT molecular complexity index is 861. The average Bonchev–Trinajstić information content (AvgIpc) is 2.53. The van der Waals surface area contributed by atoms with E-state index in [-0.39, 0.29) is 16.7 Å². The molecule has 2 N–H and O–H groups in total. The fourth-order valence-electron chi connectivity index (χ4n) is 2.71. The maximum absolute atomic E-state index is 11.6. The Kier molecular flexibility index (Phi) is 8.21. The molecule has 0 spiro atoms. The third-order valence-electron chi connectivity index (χ3n) is 3.84. The Morgan fingerprint density at radius 2 is 1.70 bits per heavy atom. The highest BCUT2D eigenvalue weighted by Crippen LogP contribution is 2.22. The van der Waals surface area contributed by atoms with Gasteiger partial charge in [0.2, 0.25) is 0 Å². The molecule has 0 saturated heterocycles. The van der Waals surface area contributed by atoms with Crippen LogP contribution < -0.4 is 0 Å². The molecule has 0 aromatic heterocycles. The molecule has 1 aromatic rings. The number of carboxylic acid groups (broad SMARTS) is 2. The smallest absolute Gasteiger partial charge is 0.336 e. The predicted octanol–water partition coefficient (Wildman–Crippen LogP) is 5.52. The maximum Gasteiger partial charge on any atom is 0.336 e. The summed E-state index contributed by atoms with van der Waals surface area (Å²) in [6.07, 6.45) is 11.9. The van der Waals surface area contributed by atoms with E-state index in [1.807, 2.05) is 51.2 Å². The van der Waals surface area contributed by atoms with Crippen molar-refractivity contribution in [3.8, 4) is 0 Å². The second-order valence-corrected chi connectivity index (χ2v) is 6.59. The van der Waals surface area contributed by atoms with Crippen molar-refractivity contribution in [2.75, 3.05) is 0 Å². The second-order valence-electron chi connectivity index (χ2n) is 6.59. The van der Waals surface area contributed by atoms with Gasteiger partial charge in [-0.25, -0.2) is 9.59 Å². The summed E-state index contributed by atoms with van der Waals surface area (Å²) in [6, 6.07) is 2.98. The first-order valence-corrected chi connectivity index (χ1v) is 8.56. The number of aromatic carboxylic acids is 2. The molecule has 0 radical (unpaired) electrons. The van der Waals surface area contributed by atoms with E-state index in [2.05, 4.69) is 12.7 Å². The van der Waals surface area contributed by atoms with Gasteiger partial charge in [-0.1, -0.05) is 65.8 Å². The minimum absolute atomic E-state index is 0.00115. The summed E-state index contributed by atoms with van der Waals surface area (Å²) in [5, 5.41) is 18.6. The van der Waals surface area contributed by atoms with Gasteiger partial charge in [0.05, 0.1) is 11.1 Å². The lowest BCUT2D eigenvalue weighted by atomic mass is 9.93. The van der Waals surface area contributed by atoms with E-state index >= 15 is 0 Å². The molecule has 0 fully saturated rings. The molecule has 0 saturated carbocycles. The van der Waals surface area contributed by atoms with E-state index in [0.29, 0.717) is 12.0 Å². The molecule has 27 heavy (non-hydrogen) atoms. The van der Waals surface area contributed by atoms with Gasteiger partial charge in [-0.15, -0.1) is 0 Å². The molecular formula is C23H26O4. The van der Waals surface area contributed by atoms with Gasteiger partial charge < -0.3 is 10.2 Å². The summed E-state index contributed by atoms with van der Waals surface area (Å²) in [5.41, 5.74) is 3.94. The van der Waals surface area contributed by atoms with Gasteiger partial charge in [-0.05, 0) is 51.3 Å². The van der Waals surface area contributed by atoms with Crippen LogP contribution >= 0.6 is 0 Å². The third kappa shape index (κ3) is 6.94. The number of carboxylic acids is 2. The Morgan fingerprint density at radius 3 is 2.26 bits per heavy atom. The monoisotopic (exact) mass is 366 g/mol. The first kappa shape index (κ1) is 21.9. The molecular weight excluding hydrogens is 340 g/mol. The topological polar surface area (TPSA) is 74.6 Å². The molecule has 0 amide bonds. The Hall–Kier alpha value is -3.14. The highest BCUT2D eigenvalue weighted by molar-refractivity contribution is 5.97. The number of allylic oxidation sites excluding steroid dienone is 9. The minimum Gasteiger partial charge on any atom is -0.478 e. The quantitative estimate of drug-likeness (QED) is 0.595. The van der Waals surface area contributed by atoms with E-state index in [4.69, 9.17) is 5.11 Å². The van der Waals surface area contributed by atoms with Gasteiger partial charge in [0.25, 0.3) is 0 Å². The second kappa shape index (κ2) is 10.1. The van der Waals surface area contributed by atoms with Crippen LogP contribution in [0.25, 0.3) is 0 Å². The first-order valence-electron chi connectivity index (χ1n) is 8.56. The molecule has 1 aromatic carbocycles. The molecule has 4 heteroatoms. The van der Waals surface area contributed by atoms with Crippen LogP contribution in [-0.4, -0.2) is 22.2 Å². The van der Waals surface area contributed by atoms with Crippen LogP contribution in [0.1, 0.15) is 52.6 Å². The minimum atomic E-state index is -1.14. The van der Waals surface area contributed by atoms with Crippen LogP contribution in [0, 0.1) is 6.92 Å². The zero-order valence-electron chi connectivity index (χ0n) is 16.2. The molecule has 0 aliphatic carbocycles. The third-order valence-corrected chi connectivity index (χ3v) is 3.84. The molecule has 0 unspecified atom stereocenters. The van der Waals surface area contributed by atoms with Crippen molar-refractivity contribution in [1.29, 1.82) is 0 Å². The van der Waals surface area contributed by atoms with Crippen molar-refractivity contribution in [2.24, 2.45) is 0 Å². The highest BCUT2D eigenvalue weighted by atomic mass is 16.4. The maximum atomic E-state index is 11.6. The summed E-state index contributed by atoms with van der Waals surface area (Å²) < 4.78 is 0. The van der Waals surface area contributed by atoms with E-state index in [0.717, 1.165) is 11.1 Å². The van der Waals surface area contributed by atoms with Crippen molar-refractivity contribution >= 4 is 11.9 Å². The number of carbonyl (C=O) groups is 2. The fraction of sp³-hybridized carbons (Fsp3) is 0.217. The zero-order valence-corrected chi connectivity index (χ0v) is 16.2. The van der Waals surface area contributed by atoms with Crippen LogP contribution in [0.4, 0.5) is 0 Å². The molecule has 1 rings (SSSR count). The van der Waals surface area contributed by atoms with Crippen LogP contribution in [0.5, 0.6) is 0 Å². The van der Waals surface area contributed by atoms with Crippen molar-refractivity contribution in [3.05, 3.63) is 94.1 Å². The average molecular weight is 366 g/mol. The molecule has 0 aliphatic heterocycles. The predicted molar refractivity (Wildman–Crippen MR) is 109 cm³/mol. The largest absolute Gasteiger partial charge is 0.478 e. The van der Waals surface area contributed by atoms with Crippen LogP contribution in [-0.2, 0) is 6.42 Å². The van der Waals surface area contributed by atoms with Gasteiger partial charge in [-0.3, -0.25) is 0 Å². The highest BCUT2D eigenvalue weighted by Gasteiger charge is 2.19. The van der Waals surface area contributed by atoms with Gasteiger partial charge in [0, 0.05) is 0 Å². The first-order chi connectivity index (χ1) is 12.6. The fourth-order valence-corrected chi connectivity index (χ4v) is 2.71. The lowest BCUT2D eigenvalue weighted by Gasteiger charge is -2.11. The summed E-state index contributed by atoms with van der Waals surface area (Å²) in [4.78, 5) is 22.8. The van der Waals surface area contributed by atoms with Gasteiger partial charge in [0.1, 0.15) is 0 Å². The van der Waals surface area contributed by atoms with Crippen LogP contribution in [0.15, 0.2) is 71.9 Å². The Balaban J connectivity index is 2.92. The van der Waals surface area contributed by atoms with E-state index in [1.54, 1.807) is 6.07 Å². The molecule has 142 valence electrons. The molecule has 0 aliphatic rings. The van der Waals surface area contributed by atoms with Crippen molar-refractivity contribution < 1.29 is 19.8 Å². The van der Waals surface area contributed by atoms with E-state index in [1.165, 1.54) is 18.6 Å². The molecule has 0 bridgehead atoms. The van der Waals surface area contributed by atoms with Crippen molar-refractivity contribution in [2.45, 2.75) is 34.1 Å². The lowest BCUT2D eigenvalue weighted by Crippen LogP contribution is -2.11. The number of hydrogen-bond donors (Lipinski definition) is 2.